The molecule has 0 spiro atoms. The Labute approximate surface area is 218 Å². The number of nitrogens with zero attached hydrogens (tertiary/aromatic N) is 6. The molecule has 5 rings (SSSR count). The molecule has 2 aromatic heterocycles. The Kier molecular flexibility index (Phi) is 6.51. The number of likely N-dealkylation sites (tertiary alicyclic amines) is 1. The number of rotatable bonds is 5. The third kappa shape index (κ3) is 4.84. The van der Waals surface area contributed by atoms with Gasteiger partial charge in [0.05, 0.1) is 29.2 Å². The normalized spacial score (nSPS) is 18.1. The van der Waals surface area contributed by atoms with Gasteiger partial charge in [-0.25, -0.2) is 13.4 Å². The summed E-state index contributed by atoms with van der Waals surface area (Å²) < 4.78 is 28.4. The first kappa shape index (κ1) is 25.3. The van der Waals surface area contributed by atoms with E-state index >= 15 is 0 Å². The van der Waals surface area contributed by atoms with Crippen LogP contribution < -0.4 is 14.5 Å². The van der Waals surface area contributed by atoms with Gasteiger partial charge in [-0.1, -0.05) is 11.6 Å². The second-order valence-electron chi connectivity index (χ2n) is 10.4. The minimum Gasteiger partial charge on any atom is -0.362 e. The molecular weight excluding hydrogens is 490 g/mol. The zero-order chi connectivity index (χ0) is 26.5. The van der Waals surface area contributed by atoms with E-state index < -0.39 is 10.0 Å². The van der Waals surface area contributed by atoms with Crippen LogP contribution in [0.2, 0.25) is 0 Å². The smallest absolute Gasteiger partial charge is 0.256 e. The Morgan fingerprint density at radius 2 is 1.92 bits per heavy atom. The van der Waals surface area contributed by atoms with Crippen LogP contribution in [0.4, 0.5) is 17.3 Å². The van der Waals surface area contributed by atoms with Gasteiger partial charge in [0.15, 0.2) is 5.65 Å². The number of aryl methyl sites for hydroxylation is 1. The molecular formula is C26H35N7O3S. The van der Waals surface area contributed by atoms with Crippen LogP contribution in [0.3, 0.4) is 0 Å². The highest BCUT2D eigenvalue weighted by molar-refractivity contribution is 7.92. The highest BCUT2D eigenvalue weighted by Crippen LogP contribution is 2.37. The Balaban J connectivity index is 1.58. The minimum atomic E-state index is -3.54. The van der Waals surface area contributed by atoms with Gasteiger partial charge in [0.1, 0.15) is 11.6 Å². The maximum absolute atomic E-state index is 13.9. The third-order valence-electron chi connectivity index (χ3n) is 7.18. The molecule has 0 saturated carbocycles. The molecule has 3 aromatic rings. The molecule has 1 atom stereocenters. The van der Waals surface area contributed by atoms with Crippen molar-refractivity contribution in [3.63, 3.8) is 0 Å². The molecule has 1 aromatic carbocycles. The van der Waals surface area contributed by atoms with Crippen LogP contribution in [-0.4, -0.2) is 74.3 Å². The summed E-state index contributed by atoms with van der Waals surface area (Å²) in [6, 6.07) is 6.98. The van der Waals surface area contributed by atoms with Gasteiger partial charge in [-0.05, 0) is 51.2 Å². The van der Waals surface area contributed by atoms with E-state index in [1.807, 2.05) is 36.5 Å². The summed E-state index contributed by atoms with van der Waals surface area (Å²) in [5.41, 5.74) is 4.30. The minimum absolute atomic E-state index is 0.197. The molecule has 4 heterocycles. The molecule has 2 aliphatic rings. The lowest BCUT2D eigenvalue weighted by Crippen LogP contribution is -2.39. The summed E-state index contributed by atoms with van der Waals surface area (Å²) in [5.74, 6) is 1.81. The van der Waals surface area contributed by atoms with E-state index in [0.29, 0.717) is 17.8 Å². The maximum atomic E-state index is 13.9. The zero-order valence-corrected chi connectivity index (χ0v) is 23.0. The van der Waals surface area contributed by atoms with E-state index in [0.717, 1.165) is 73.4 Å². The number of hydrogen-bond donors (Lipinski definition) is 1. The quantitative estimate of drug-likeness (QED) is 0.546. The monoisotopic (exact) mass is 525 g/mol. The molecule has 37 heavy (non-hydrogen) atoms. The van der Waals surface area contributed by atoms with E-state index in [-0.39, 0.29) is 11.9 Å². The van der Waals surface area contributed by atoms with E-state index in [1.54, 1.807) is 18.2 Å². The van der Waals surface area contributed by atoms with E-state index in [9.17, 15) is 13.2 Å². The molecule has 198 valence electrons. The van der Waals surface area contributed by atoms with Crippen LogP contribution in [0.1, 0.15) is 58.9 Å². The van der Waals surface area contributed by atoms with E-state index in [4.69, 9.17) is 10.1 Å². The Morgan fingerprint density at radius 1 is 1.14 bits per heavy atom. The predicted molar refractivity (Wildman–Crippen MR) is 146 cm³/mol. The van der Waals surface area contributed by atoms with Crippen molar-refractivity contribution in [3.05, 3.63) is 46.6 Å². The highest BCUT2D eigenvalue weighted by Gasteiger charge is 2.33. The number of hydrogen-bond acceptors (Lipinski definition) is 7. The Morgan fingerprint density at radius 3 is 2.65 bits per heavy atom. The van der Waals surface area contributed by atoms with Crippen molar-refractivity contribution in [1.29, 1.82) is 0 Å². The molecule has 1 saturated heterocycles. The van der Waals surface area contributed by atoms with E-state index in [2.05, 4.69) is 21.6 Å². The van der Waals surface area contributed by atoms with Crippen molar-refractivity contribution in [3.8, 4) is 0 Å². The molecule has 0 bridgehead atoms. The zero-order valence-electron chi connectivity index (χ0n) is 22.2. The van der Waals surface area contributed by atoms with Crippen molar-refractivity contribution in [2.45, 2.75) is 45.1 Å². The Hall–Kier alpha value is -3.34. The van der Waals surface area contributed by atoms with Crippen LogP contribution in [0, 0.1) is 6.92 Å². The summed E-state index contributed by atoms with van der Waals surface area (Å²) >= 11 is 0. The first-order valence-corrected chi connectivity index (χ1v) is 14.6. The van der Waals surface area contributed by atoms with Gasteiger partial charge in [-0.15, -0.1) is 0 Å². The lowest BCUT2D eigenvalue weighted by Gasteiger charge is -2.35. The number of carbonyl (C=O) groups excluding carboxylic acids is 1. The average Bonchev–Trinajstić information content (AvgIpc) is 3.27. The Bertz CT molecular complexity index is 1460. The van der Waals surface area contributed by atoms with Gasteiger partial charge < -0.3 is 14.7 Å². The average molecular weight is 526 g/mol. The van der Waals surface area contributed by atoms with Gasteiger partial charge >= 0.3 is 0 Å². The molecule has 1 unspecified atom stereocenters. The highest BCUT2D eigenvalue weighted by atomic mass is 32.2. The first-order chi connectivity index (χ1) is 17.5. The summed E-state index contributed by atoms with van der Waals surface area (Å²) in [7, 11) is 2.57. The van der Waals surface area contributed by atoms with Crippen molar-refractivity contribution in [2.24, 2.45) is 0 Å². The number of carbonyl (C=O) groups is 1. The van der Waals surface area contributed by atoms with E-state index in [1.165, 1.54) is 5.56 Å². The lowest BCUT2D eigenvalue weighted by atomic mass is 9.97. The lowest BCUT2D eigenvalue weighted by molar-refractivity contribution is 0.0606. The van der Waals surface area contributed by atoms with Crippen LogP contribution >= 0.6 is 0 Å². The number of nitrogens with one attached hydrogen (secondary N) is 1. The number of fused-ring (bicyclic) bond motifs is 3. The van der Waals surface area contributed by atoms with Crippen LogP contribution in [0.25, 0.3) is 5.65 Å². The number of amides is 1. The van der Waals surface area contributed by atoms with Crippen LogP contribution in [0.15, 0.2) is 24.3 Å². The molecule has 2 aliphatic heterocycles. The van der Waals surface area contributed by atoms with Gasteiger partial charge in [-0.3, -0.25) is 9.52 Å². The fraction of sp³-hybridized carbons (Fsp3) is 0.500. The van der Waals surface area contributed by atoms with Crippen molar-refractivity contribution >= 4 is 38.9 Å². The number of piperidine rings is 1. The van der Waals surface area contributed by atoms with Crippen molar-refractivity contribution in [1.82, 2.24) is 19.5 Å². The molecule has 1 N–H and O–H groups in total. The second-order valence-corrected chi connectivity index (χ2v) is 12.2. The molecule has 11 heteroatoms. The number of sulfonamides is 1. The summed E-state index contributed by atoms with van der Waals surface area (Å²) in [5, 5.41) is 5.01. The molecule has 10 nitrogen and oxygen atoms in total. The predicted octanol–water partition coefficient (Wildman–Crippen LogP) is 3.23. The molecule has 1 amide bonds. The maximum Gasteiger partial charge on any atom is 0.256 e. The third-order valence-corrected chi connectivity index (χ3v) is 7.77. The number of benzene rings is 1. The van der Waals surface area contributed by atoms with Gasteiger partial charge in [0.25, 0.3) is 5.91 Å². The summed E-state index contributed by atoms with van der Waals surface area (Å²) in [6.07, 6.45) is 5.76. The molecule has 0 radical (unpaired) electrons. The van der Waals surface area contributed by atoms with Crippen LogP contribution in [-0.2, 0) is 16.4 Å². The standard InChI is InChI=1S/C26H35N7O3S/c1-17-11-12-20(29-37(5,35)36)19(15-17)26(34)32-14-7-6-10-22(32)21-16-23-27-24(30(2)3)18-9-8-13-31(4)25(18)33(23)28-21/h11-12,15-16,22,29H,6-10,13-14H2,1-5H3. The first-order valence-electron chi connectivity index (χ1n) is 12.7. The van der Waals surface area contributed by atoms with Crippen molar-refractivity contribution < 1.29 is 13.2 Å². The SMILES string of the molecule is Cc1ccc(NS(C)(=O)=O)c(C(=O)N2CCCCC2c2cc3nc(N(C)C)c4c(n3n2)N(C)CCC4)c1. The summed E-state index contributed by atoms with van der Waals surface area (Å²) in [4.78, 5) is 25.0. The molecule has 0 aliphatic carbocycles. The number of anilines is 3. The van der Waals surface area contributed by atoms with Crippen LogP contribution in [0.5, 0.6) is 0 Å². The van der Waals surface area contributed by atoms with Gasteiger partial charge in [0.2, 0.25) is 10.0 Å². The second kappa shape index (κ2) is 9.51. The van der Waals surface area contributed by atoms with Gasteiger partial charge in [-0.2, -0.15) is 9.61 Å². The fourth-order valence-corrected chi connectivity index (χ4v) is 6.11. The number of aromatic nitrogens is 3. The largest absolute Gasteiger partial charge is 0.362 e. The van der Waals surface area contributed by atoms with Crippen molar-refractivity contribution in [2.75, 3.05) is 55.0 Å². The summed E-state index contributed by atoms with van der Waals surface area (Å²) in [6.45, 7) is 3.42. The fourth-order valence-electron chi connectivity index (χ4n) is 5.54. The molecule has 1 fully saturated rings. The van der Waals surface area contributed by atoms with Gasteiger partial charge in [0, 0.05) is 45.9 Å². The topological polar surface area (TPSA) is 103 Å².